The van der Waals surface area contributed by atoms with Gasteiger partial charge in [-0.25, -0.2) is 0 Å². The first kappa shape index (κ1) is 25.3. The minimum Gasteiger partial charge on any atom is -0.458 e. The molecule has 0 unspecified atom stereocenters. The number of nitrogens with zero attached hydrogens (tertiary/aromatic N) is 2. The van der Waals surface area contributed by atoms with Gasteiger partial charge in [0.15, 0.2) is 6.10 Å². The molecule has 2 aromatic heterocycles. The van der Waals surface area contributed by atoms with Crippen LogP contribution in [0.4, 0.5) is 0 Å². The number of aromatic nitrogens is 2. The zero-order valence-electron chi connectivity index (χ0n) is 22.9. The highest BCUT2D eigenvalue weighted by Gasteiger charge is 2.44. The van der Waals surface area contributed by atoms with Crippen LogP contribution in [0.15, 0.2) is 48.5 Å². The maximum atomic E-state index is 13.7. The molecule has 2 aliphatic rings. The molecule has 2 aliphatic heterocycles. The molecular weight excluding hydrogens is 526 g/mol. The summed E-state index contributed by atoms with van der Waals surface area (Å²) in [6.45, 7) is 4.40. The van der Waals surface area contributed by atoms with Gasteiger partial charge in [-0.2, -0.15) is 0 Å². The largest absolute Gasteiger partial charge is 0.458 e. The van der Waals surface area contributed by atoms with Crippen molar-refractivity contribution in [1.29, 1.82) is 0 Å². The number of carbonyl (C=O) groups excluding carboxylic acids is 4. The highest BCUT2D eigenvalue weighted by atomic mass is 16.6. The highest BCUT2D eigenvalue weighted by molar-refractivity contribution is 6.39. The Morgan fingerprint density at radius 2 is 1.54 bits per heavy atom. The van der Waals surface area contributed by atoms with E-state index in [4.69, 9.17) is 14.2 Å². The smallest absolute Gasteiger partial charge is 0.303 e. The number of hydrogen-bond donors (Lipinski definition) is 1. The fourth-order valence-corrected chi connectivity index (χ4v) is 6.62. The Labute approximate surface area is 233 Å². The molecule has 0 aliphatic carbocycles. The van der Waals surface area contributed by atoms with E-state index >= 15 is 0 Å². The van der Waals surface area contributed by atoms with Crippen molar-refractivity contribution in [2.24, 2.45) is 0 Å². The van der Waals surface area contributed by atoms with Gasteiger partial charge in [0.2, 0.25) is 0 Å². The minimum atomic E-state index is -0.786. The third-order valence-corrected chi connectivity index (χ3v) is 8.18. The third-order valence-electron chi connectivity index (χ3n) is 8.18. The van der Waals surface area contributed by atoms with E-state index in [9.17, 15) is 19.2 Å². The quantitative estimate of drug-likeness (QED) is 0.251. The Kier molecular flexibility index (Phi) is 5.49. The molecule has 1 saturated heterocycles. The third kappa shape index (κ3) is 3.53. The summed E-state index contributed by atoms with van der Waals surface area (Å²) in [6.07, 6.45) is -2.61. The molecule has 7 rings (SSSR count). The molecule has 0 saturated carbocycles. The van der Waals surface area contributed by atoms with Crippen LogP contribution in [0.1, 0.15) is 54.1 Å². The number of esters is 2. The molecule has 3 aromatic carbocycles. The number of hydrogen-bond acceptors (Lipinski definition) is 7. The van der Waals surface area contributed by atoms with E-state index in [1.54, 1.807) is 6.92 Å². The number of H-pyrrole nitrogens is 1. The number of fused-ring (bicyclic) bond motifs is 10. The highest BCUT2D eigenvalue weighted by Crippen LogP contribution is 2.47. The van der Waals surface area contributed by atoms with Crippen molar-refractivity contribution in [2.45, 2.75) is 51.7 Å². The lowest BCUT2D eigenvalue weighted by Crippen LogP contribution is -2.49. The van der Waals surface area contributed by atoms with E-state index in [1.165, 1.54) is 20.9 Å². The lowest BCUT2D eigenvalue weighted by molar-refractivity contribution is -0.213. The summed E-state index contributed by atoms with van der Waals surface area (Å²) in [7, 11) is 1.50. The standard InChI is InChI=1S/C31H27N3O7/c1-14-29(41-16(3)36)21(40-15(2)35)13-22(39-14)34-20-12-8-6-10-18(20)24-26-25(30(37)33(4)31(26)38)23-17-9-5-7-11-19(17)32-27(23)28(24)34/h5-12,14,21-22,29,32H,13H2,1-4H3/t14-,21-,22-,29-/m0/s1. The van der Waals surface area contributed by atoms with Gasteiger partial charge in [0.05, 0.1) is 33.8 Å². The Morgan fingerprint density at radius 3 is 2.24 bits per heavy atom. The van der Waals surface area contributed by atoms with Crippen LogP contribution in [0, 0.1) is 0 Å². The number of benzene rings is 3. The Bertz CT molecular complexity index is 1970. The van der Waals surface area contributed by atoms with Gasteiger partial charge in [-0.15, -0.1) is 0 Å². The average Bonchev–Trinajstić information content (AvgIpc) is 3.55. The number of aromatic amines is 1. The average molecular weight is 554 g/mol. The summed E-state index contributed by atoms with van der Waals surface area (Å²) in [4.78, 5) is 55.8. The second-order valence-corrected chi connectivity index (χ2v) is 10.7. The number of amides is 2. The first-order valence-electron chi connectivity index (χ1n) is 13.5. The van der Waals surface area contributed by atoms with Crippen molar-refractivity contribution in [3.63, 3.8) is 0 Å². The lowest BCUT2D eigenvalue weighted by atomic mass is 9.96. The van der Waals surface area contributed by atoms with Gasteiger partial charge in [-0.05, 0) is 19.1 Å². The molecule has 0 bridgehead atoms. The van der Waals surface area contributed by atoms with Gasteiger partial charge in [-0.3, -0.25) is 24.1 Å². The van der Waals surface area contributed by atoms with Crippen molar-refractivity contribution >= 4 is 67.4 Å². The predicted octanol–water partition coefficient (Wildman–Crippen LogP) is 4.83. The van der Waals surface area contributed by atoms with Gasteiger partial charge < -0.3 is 23.8 Å². The van der Waals surface area contributed by atoms with Crippen molar-refractivity contribution in [2.75, 3.05) is 7.05 Å². The molecule has 0 radical (unpaired) electrons. The number of para-hydroxylation sites is 2. The van der Waals surface area contributed by atoms with Crippen LogP contribution >= 0.6 is 0 Å². The molecule has 1 fully saturated rings. The van der Waals surface area contributed by atoms with Crippen LogP contribution in [0.2, 0.25) is 0 Å². The summed E-state index contributed by atoms with van der Waals surface area (Å²) in [5.41, 5.74) is 3.76. The first-order chi connectivity index (χ1) is 19.7. The van der Waals surface area contributed by atoms with E-state index in [-0.39, 0.29) is 18.2 Å². The van der Waals surface area contributed by atoms with Crippen molar-refractivity contribution in [3.05, 3.63) is 59.7 Å². The number of nitrogens with one attached hydrogen (secondary N) is 1. The minimum absolute atomic E-state index is 0.196. The van der Waals surface area contributed by atoms with E-state index in [0.29, 0.717) is 32.9 Å². The van der Waals surface area contributed by atoms with Gasteiger partial charge in [0, 0.05) is 54.4 Å². The SMILES string of the molecule is CC(=O)O[C@H]1[C@H](C)O[C@H](n2c3ccccc3c3c4c(c5c6ccccc6[nH]c5c32)C(=O)N(C)C4=O)C[C@@H]1OC(C)=O. The molecule has 4 heterocycles. The van der Waals surface area contributed by atoms with Crippen LogP contribution < -0.4 is 0 Å². The molecule has 5 aromatic rings. The van der Waals surface area contributed by atoms with Crippen molar-refractivity contribution < 1.29 is 33.4 Å². The van der Waals surface area contributed by atoms with Crippen LogP contribution in [0.5, 0.6) is 0 Å². The van der Waals surface area contributed by atoms with Crippen LogP contribution in [-0.4, -0.2) is 63.6 Å². The normalized spacial score (nSPS) is 22.7. The zero-order chi connectivity index (χ0) is 28.7. The fourth-order valence-electron chi connectivity index (χ4n) is 6.62. The van der Waals surface area contributed by atoms with Crippen molar-refractivity contribution in [1.82, 2.24) is 14.5 Å². The first-order valence-corrected chi connectivity index (χ1v) is 13.5. The summed E-state index contributed by atoms with van der Waals surface area (Å²) in [5, 5.41) is 2.95. The monoisotopic (exact) mass is 553 g/mol. The summed E-state index contributed by atoms with van der Waals surface area (Å²) in [6, 6.07) is 15.3. The van der Waals surface area contributed by atoms with Gasteiger partial charge >= 0.3 is 11.9 Å². The van der Waals surface area contributed by atoms with Crippen LogP contribution in [0.3, 0.4) is 0 Å². The maximum Gasteiger partial charge on any atom is 0.303 e. The van der Waals surface area contributed by atoms with Crippen LogP contribution in [-0.2, 0) is 23.8 Å². The van der Waals surface area contributed by atoms with E-state index in [2.05, 4.69) is 4.98 Å². The molecule has 0 spiro atoms. The Morgan fingerprint density at radius 1 is 0.902 bits per heavy atom. The molecular formula is C31H27N3O7. The number of ether oxygens (including phenoxy) is 3. The fraction of sp³-hybridized carbons (Fsp3) is 0.290. The molecule has 4 atom stereocenters. The van der Waals surface area contributed by atoms with E-state index < -0.39 is 36.5 Å². The van der Waals surface area contributed by atoms with E-state index in [1.807, 2.05) is 53.1 Å². The summed E-state index contributed by atoms with van der Waals surface area (Å²) < 4.78 is 19.7. The molecule has 208 valence electrons. The predicted molar refractivity (Wildman–Crippen MR) is 151 cm³/mol. The lowest BCUT2D eigenvalue weighted by Gasteiger charge is -2.40. The Hall–Kier alpha value is -4.70. The van der Waals surface area contributed by atoms with Gasteiger partial charge in [-0.1, -0.05) is 36.4 Å². The number of carbonyl (C=O) groups is 4. The van der Waals surface area contributed by atoms with E-state index in [0.717, 1.165) is 26.7 Å². The maximum absolute atomic E-state index is 13.7. The van der Waals surface area contributed by atoms with Gasteiger partial charge in [0.1, 0.15) is 12.3 Å². The molecule has 2 amide bonds. The molecule has 41 heavy (non-hydrogen) atoms. The molecule has 10 nitrogen and oxygen atoms in total. The molecule has 1 N–H and O–H groups in total. The van der Waals surface area contributed by atoms with Gasteiger partial charge in [0.25, 0.3) is 11.8 Å². The summed E-state index contributed by atoms with van der Waals surface area (Å²) >= 11 is 0. The second kappa shape index (κ2) is 8.90. The number of imide groups is 1. The topological polar surface area (TPSA) is 120 Å². The van der Waals surface area contributed by atoms with Crippen LogP contribution in [0.25, 0.3) is 43.6 Å². The Balaban J connectivity index is 1.58. The molecule has 10 heteroatoms. The second-order valence-electron chi connectivity index (χ2n) is 10.7. The number of rotatable bonds is 3. The zero-order valence-corrected chi connectivity index (χ0v) is 22.9. The summed E-state index contributed by atoms with van der Waals surface area (Å²) in [5.74, 6) is -1.71. The van der Waals surface area contributed by atoms with Crippen molar-refractivity contribution in [3.8, 4) is 0 Å².